The van der Waals surface area contributed by atoms with Crippen molar-refractivity contribution in [2.24, 2.45) is 0 Å². The highest BCUT2D eigenvalue weighted by atomic mass is 32.2. The minimum absolute atomic E-state index is 0.733. The Morgan fingerprint density at radius 3 is 3.00 bits per heavy atom. The van der Waals surface area contributed by atoms with Gasteiger partial charge in [-0.15, -0.1) is 0 Å². The summed E-state index contributed by atoms with van der Waals surface area (Å²) in [4.78, 5) is 0. The Balaban J connectivity index is 2.26. The van der Waals surface area contributed by atoms with Crippen LogP contribution in [-0.4, -0.2) is 5.88 Å². The normalized spacial score (nSPS) is 18.7. The molecule has 0 aromatic rings. The lowest BCUT2D eigenvalue weighted by Gasteiger charge is -2.00. The zero-order chi connectivity index (χ0) is 4.24. The van der Waals surface area contributed by atoms with Crippen molar-refractivity contribution in [2.45, 2.75) is 0 Å². The molecule has 0 fully saturated rings. The Kier molecular flexibility index (Phi) is 1.27. The lowest BCUT2D eigenvalue weighted by atomic mass is 10.9. The largest absolute Gasteiger partial charge is 0.430 e. The van der Waals surface area contributed by atoms with Crippen LogP contribution in [0.2, 0.25) is 0 Å². The summed E-state index contributed by atoms with van der Waals surface area (Å²) < 4.78 is 4.71. The molecule has 2 nitrogen and oxygen atoms in total. The second-order valence-corrected chi connectivity index (χ2v) is 1.50. The molecule has 0 atom stereocenters. The number of hydrogen-bond acceptors (Lipinski definition) is 2. The Morgan fingerprint density at radius 1 is 1.83 bits per heavy atom. The fourth-order valence-electron chi connectivity index (χ4n) is 0.211. The van der Waals surface area contributed by atoms with Crippen LogP contribution in [0.3, 0.4) is 0 Å². The Morgan fingerprint density at radius 2 is 2.83 bits per heavy atom. The standard InChI is InChI=1S/C3H4NOS/c1-2-5-6-3-4-1/h1-2H,3H2. The second kappa shape index (κ2) is 1.97. The molecule has 1 radical (unpaired) electrons. The summed E-state index contributed by atoms with van der Waals surface area (Å²) in [5, 5.41) is 3.83. The molecule has 0 saturated heterocycles. The predicted octanol–water partition coefficient (Wildman–Crippen LogP) is 0.698. The molecule has 0 unspecified atom stereocenters. The van der Waals surface area contributed by atoms with Gasteiger partial charge in [-0.1, -0.05) is 0 Å². The van der Waals surface area contributed by atoms with E-state index in [1.807, 2.05) is 0 Å². The molecule has 33 valence electrons. The van der Waals surface area contributed by atoms with Crippen LogP contribution in [0.1, 0.15) is 0 Å². The van der Waals surface area contributed by atoms with E-state index in [9.17, 15) is 0 Å². The van der Waals surface area contributed by atoms with Crippen LogP contribution in [0.4, 0.5) is 0 Å². The third kappa shape index (κ3) is 0.825. The molecule has 6 heavy (non-hydrogen) atoms. The number of rotatable bonds is 0. The van der Waals surface area contributed by atoms with Crippen molar-refractivity contribution >= 4 is 12.0 Å². The summed E-state index contributed by atoms with van der Waals surface area (Å²) >= 11 is 1.34. The molecular formula is C3H4NOS. The quantitative estimate of drug-likeness (QED) is 0.420. The van der Waals surface area contributed by atoms with E-state index in [0.717, 1.165) is 5.88 Å². The zero-order valence-corrected chi connectivity index (χ0v) is 3.94. The monoisotopic (exact) mass is 102 g/mol. The van der Waals surface area contributed by atoms with E-state index in [4.69, 9.17) is 4.18 Å². The molecule has 1 aliphatic rings. The highest BCUT2D eigenvalue weighted by molar-refractivity contribution is 7.94. The van der Waals surface area contributed by atoms with E-state index in [1.165, 1.54) is 12.0 Å². The van der Waals surface area contributed by atoms with Crippen molar-refractivity contribution in [1.82, 2.24) is 5.32 Å². The third-order valence-corrected chi connectivity index (χ3v) is 0.919. The summed E-state index contributed by atoms with van der Waals surface area (Å²) in [6.07, 6.45) is 3.21. The first-order chi connectivity index (χ1) is 3.00. The molecule has 0 aliphatic carbocycles. The van der Waals surface area contributed by atoms with Crippen LogP contribution < -0.4 is 5.32 Å². The van der Waals surface area contributed by atoms with Gasteiger partial charge >= 0.3 is 0 Å². The van der Waals surface area contributed by atoms with E-state index >= 15 is 0 Å². The topological polar surface area (TPSA) is 23.3 Å². The molecule has 0 aromatic heterocycles. The number of nitrogens with zero attached hydrogens (tertiary/aromatic N) is 1. The average Bonchev–Trinajstić information content (AvgIpc) is 1.72. The van der Waals surface area contributed by atoms with Crippen molar-refractivity contribution in [3.05, 3.63) is 12.5 Å². The molecule has 0 spiro atoms. The van der Waals surface area contributed by atoms with Crippen molar-refractivity contribution in [3.8, 4) is 0 Å². The van der Waals surface area contributed by atoms with Crippen LogP contribution in [0.15, 0.2) is 12.5 Å². The van der Waals surface area contributed by atoms with Gasteiger partial charge in [0.25, 0.3) is 0 Å². The van der Waals surface area contributed by atoms with Gasteiger partial charge in [-0.05, 0) is 0 Å². The van der Waals surface area contributed by atoms with Gasteiger partial charge in [0.15, 0.2) is 0 Å². The lowest BCUT2D eigenvalue weighted by Crippen LogP contribution is -1.97. The maximum absolute atomic E-state index is 4.71. The maximum Gasteiger partial charge on any atom is 0.122 e. The van der Waals surface area contributed by atoms with E-state index in [1.54, 1.807) is 12.5 Å². The minimum atomic E-state index is 0.733. The Bertz CT molecular complexity index is 55.8. The van der Waals surface area contributed by atoms with E-state index in [-0.39, 0.29) is 0 Å². The predicted molar refractivity (Wildman–Crippen MR) is 24.8 cm³/mol. The first-order valence-electron chi connectivity index (χ1n) is 1.60. The van der Waals surface area contributed by atoms with Crippen LogP contribution in [0.5, 0.6) is 0 Å². The van der Waals surface area contributed by atoms with Gasteiger partial charge in [-0.3, -0.25) is 5.32 Å². The van der Waals surface area contributed by atoms with Crippen LogP contribution in [0, 0.1) is 0 Å². The average molecular weight is 102 g/mol. The van der Waals surface area contributed by atoms with Crippen molar-refractivity contribution < 1.29 is 4.18 Å². The molecule has 0 saturated carbocycles. The van der Waals surface area contributed by atoms with Gasteiger partial charge in [-0.2, -0.15) is 0 Å². The highest BCUT2D eigenvalue weighted by Crippen LogP contribution is 2.03. The number of hydrogen-bond donors (Lipinski definition) is 0. The SMILES string of the molecule is C1=COSC[N]1. The fraction of sp³-hybridized carbons (Fsp3) is 0.333. The molecule has 3 heteroatoms. The van der Waals surface area contributed by atoms with E-state index in [2.05, 4.69) is 5.32 Å². The summed E-state index contributed by atoms with van der Waals surface area (Å²) in [6.45, 7) is 0. The van der Waals surface area contributed by atoms with Crippen LogP contribution in [0.25, 0.3) is 0 Å². The molecule has 1 heterocycles. The molecule has 0 N–H and O–H groups in total. The summed E-state index contributed by atoms with van der Waals surface area (Å²) in [5.41, 5.74) is 0. The molecule has 0 bridgehead atoms. The van der Waals surface area contributed by atoms with Crippen LogP contribution >= 0.6 is 12.0 Å². The Hall–Kier alpha value is -0.310. The van der Waals surface area contributed by atoms with Crippen molar-refractivity contribution in [2.75, 3.05) is 5.88 Å². The summed E-state index contributed by atoms with van der Waals surface area (Å²) in [5.74, 6) is 0.733. The molecule has 1 rings (SSSR count). The summed E-state index contributed by atoms with van der Waals surface area (Å²) in [6, 6.07) is 0. The van der Waals surface area contributed by atoms with Gasteiger partial charge in [0.2, 0.25) is 0 Å². The fourth-order valence-corrected chi connectivity index (χ4v) is 0.547. The van der Waals surface area contributed by atoms with Crippen LogP contribution in [-0.2, 0) is 4.18 Å². The van der Waals surface area contributed by atoms with Gasteiger partial charge in [-0.25, -0.2) is 0 Å². The van der Waals surface area contributed by atoms with Crippen molar-refractivity contribution in [1.29, 1.82) is 0 Å². The lowest BCUT2D eigenvalue weighted by molar-refractivity contribution is 0.545. The van der Waals surface area contributed by atoms with Gasteiger partial charge in [0.1, 0.15) is 12.1 Å². The second-order valence-electron chi connectivity index (χ2n) is 0.811. The van der Waals surface area contributed by atoms with E-state index in [0.29, 0.717) is 0 Å². The first kappa shape index (κ1) is 3.87. The molecule has 0 amide bonds. The zero-order valence-electron chi connectivity index (χ0n) is 3.13. The molecular weight excluding hydrogens is 98.1 g/mol. The third-order valence-electron chi connectivity index (χ3n) is 0.417. The maximum atomic E-state index is 4.71. The molecule has 0 aromatic carbocycles. The first-order valence-corrected chi connectivity index (χ1v) is 2.51. The van der Waals surface area contributed by atoms with Gasteiger partial charge in [0.05, 0.1) is 18.2 Å². The minimum Gasteiger partial charge on any atom is -0.430 e. The molecule has 1 aliphatic heterocycles. The Labute approximate surface area is 40.8 Å². The summed E-state index contributed by atoms with van der Waals surface area (Å²) in [7, 11) is 0. The highest BCUT2D eigenvalue weighted by Gasteiger charge is 1.88. The van der Waals surface area contributed by atoms with Gasteiger partial charge in [0, 0.05) is 0 Å². The smallest absolute Gasteiger partial charge is 0.122 e. The van der Waals surface area contributed by atoms with Crippen molar-refractivity contribution in [3.63, 3.8) is 0 Å². The van der Waals surface area contributed by atoms with E-state index < -0.39 is 0 Å². The van der Waals surface area contributed by atoms with Gasteiger partial charge < -0.3 is 4.18 Å².